The van der Waals surface area contributed by atoms with E-state index in [4.69, 9.17) is 21.1 Å². The van der Waals surface area contributed by atoms with Gasteiger partial charge in [0.15, 0.2) is 0 Å². The largest absolute Gasteiger partial charge is 0.497 e. The Morgan fingerprint density at radius 2 is 1.77 bits per heavy atom. The van der Waals surface area contributed by atoms with Gasteiger partial charge in [-0.3, -0.25) is 4.79 Å². The Kier molecular flexibility index (Phi) is 5.79. The molecule has 0 radical (unpaired) electrons. The Labute approximate surface area is 183 Å². The Balaban J connectivity index is 1.76. The molecule has 7 heteroatoms. The molecule has 0 bridgehead atoms. The van der Waals surface area contributed by atoms with Crippen LogP contribution in [0.25, 0.3) is 16.8 Å². The topological polar surface area (TPSA) is 52.5 Å². The second-order valence-corrected chi connectivity index (χ2v) is 7.76. The number of amides is 1. The van der Waals surface area contributed by atoms with Crippen LogP contribution < -0.4 is 14.8 Å². The summed E-state index contributed by atoms with van der Waals surface area (Å²) in [6, 6.07) is 16.7. The molecule has 1 N–H and O–H groups in total. The van der Waals surface area contributed by atoms with Crippen LogP contribution in [-0.2, 0) is 0 Å². The van der Waals surface area contributed by atoms with Crippen LogP contribution in [0.4, 0.5) is 5.69 Å². The average Bonchev–Trinajstić information content (AvgIpc) is 3.44. The highest BCUT2D eigenvalue weighted by molar-refractivity contribution is 7.13. The van der Waals surface area contributed by atoms with Gasteiger partial charge in [-0.2, -0.15) is 0 Å². The number of ether oxygens (including phenoxy) is 2. The summed E-state index contributed by atoms with van der Waals surface area (Å²) in [6.07, 6.45) is 3.84. The van der Waals surface area contributed by atoms with Gasteiger partial charge in [0.2, 0.25) is 0 Å². The second-order valence-electron chi connectivity index (χ2n) is 6.44. The lowest BCUT2D eigenvalue weighted by Gasteiger charge is -2.13. The summed E-state index contributed by atoms with van der Waals surface area (Å²) >= 11 is 7.44. The van der Waals surface area contributed by atoms with Crippen LogP contribution in [0, 0.1) is 0 Å². The van der Waals surface area contributed by atoms with E-state index in [0.29, 0.717) is 27.1 Å². The van der Waals surface area contributed by atoms with E-state index in [2.05, 4.69) is 5.32 Å². The third-order valence-corrected chi connectivity index (χ3v) is 5.86. The van der Waals surface area contributed by atoms with Crippen molar-refractivity contribution in [2.75, 3.05) is 19.5 Å². The van der Waals surface area contributed by atoms with Gasteiger partial charge in [0.1, 0.15) is 16.4 Å². The van der Waals surface area contributed by atoms with E-state index >= 15 is 0 Å². The fourth-order valence-corrected chi connectivity index (χ4v) is 4.27. The fourth-order valence-electron chi connectivity index (χ4n) is 3.18. The van der Waals surface area contributed by atoms with Crippen LogP contribution in [0.3, 0.4) is 0 Å². The van der Waals surface area contributed by atoms with Gasteiger partial charge >= 0.3 is 0 Å². The average molecular weight is 439 g/mol. The van der Waals surface area contributed by atoms with E-state index in [9.17, 15) is 4.79 Å². The number of aromatic nitrogens is 1. The third kappa shape index (κ3) is 3.92. The van der Waals surface area contributed by atoms with Gasteiger partial charge in [-0.1, -0.05) is 23.7 Å². The molecule has 4 rings (SSSR count). The van der Waals surface area contributed by atoms with E-state index in [1.165, 1.54) is 11.3 Å². The van der Waals surface area contributed by atoms with Crippen LogP contribution in [0.15, 0.2) is 72.4 Å². The molecule has 0 unspecified atom stereocenters. The first-order valence-corrected chi connectivity index (χ1v) is 10.4. The summed E-state index contributed by atoms with van der Waals surface area (Å²) in [6.45, 7) is 0. The molecule has 30 heavy (non-hydrogen) atoms. The van der Waals surface area contributed by atoms with Crippen molar-refractivity contribution in [3.63, 3.8) is 0 Å². The van der Waals surface area contributed by atoms with Crippen LogP contribution in [0.5, 0.6) is 11.5 Å². The van der Waals surface area contributed by atoms with Crippen molar-refractivity contribution < 1.29 is 14.3 Å². The van der Waals surface area contributed by atoms with Gasteiger partial charge in [0.25, 0.3) is 5.91 Å². The summed E-state index contributed by atoms with van der Waals surface area (Å²) in [4.78, 5) is 13.8. The maximum atomic E-state index is 13.3. The molecule has 0 aliphatic heterocycles. The zero-order valence-electron chi connectivity index (χ0n) is 16.4. The number of carbonyl (C=O) groups excluding carboxylic acids is 1. The molecule has 2 aromatic carbocycles. The monoisotopic (exact) mass is 438 g/mol. The Morgan fingerprint density at radius 3 is 2.43 bits per heavy atom. The summed E-state index contributed by atoms with van der Waals surface area (Å²) in [5, 5.41) is 5.61. The molecule has 0 saturated carbocycles. The van der Waals surface area contributed by atoms with Crippen molar-refractivity contribution in [3.05, 3.63) is 82.3 Å². The predicted molar refractivity (Wildman–Crippen MR) is 122 cm³/mol. The quantitative estimate of drug-likeness (QED) is 0.394. The minimum Gasteiger partial charge on any atom is -0.497 e. The van der Waals surface area contributed by atoms with E-state index in [1.54, 1.807) is 32.4 Å². The molecule has 0 aliphatic rings. The third-order valence-electron chi connectivity index (χ3n) is 4.64. The maximum absolute atomic E-state index is 13.3. The Morgan fingerprint density at radius 1 is 1.03 bits per heavy atom. The van der Waals surface area contributed by atoms with Crippen molar-refractivity contribution in [1.82, 2.24) is 4.57 Å². The number of halogens is 1. The Hall–Kier alpha value is -3.22. The molecule has 0 saturated heterocycles. The SMILES string of the molecule is COc1ccc(OC)c(NC(=O)c2scc(-c3ccc(Cl)cc3)c2-n2cccc2)c1. The highest BCUT2D eigenvalue weighted by atomic mass is 35.5. The minimum atomic E-state index is -0.226. The van der Waals surface area contributed by atoms with Crippen molar-refractivity contribution in [2.45, 2.75) is 0 Å². The van der Waals surface area contributed by atoms with Gasteiger partial charge < -0.3 is 19.4 Å². The summed E-state index contributed by atoms with van der Waals surface area (Å²) in [7, 11) is 3.14. The highest BCUT2D eigenvalue weighted by Gasteiger charge is 2.21. The number of hydrogen-bond acceptors (Lipinski definition) is 4. The summed E-state index contributed by atoms with van der Waals surface area (Å²) < 4.78 is 12.6. The van der Waals surface area contributed by atoms with E-state index < -0.39 is 0 Å². The number of rotatable bonds is 6. The molecule has 5 nitrogen and oxygen atoms in total. The van der Waals surface area contributed by atoms with Crippen molar-refractivity contribution in [2.24, 2.45) is 0 Å². The van der Waals surface area contributed by atoms with Crippen molar-refractivity contribution in [1.29, 1.82) is 0 Å². The van der Waals surface area contributed by atoms with E-state index in [-0.39, 0.29) is 5.91 Å². The molecule has 2 heterocycles. The van der Waals surface area contributed by atoms with Gasteiger partial charge in [0, 0.05) is 34.4 Å². The van der Waals surface area contributed by atoms with E-state index in [1.807, 2.05) is 58.7 Å². The van der Waals surface area contributed by atoms with Gasteiger partial charge in [0.05, 0.1) is 25.6 Å². The number of nitrogens with zero attached hydrogens (tertiary/aromatic N) is 1. The van der Waals surface area contributed by atoms with Crippen molar-refractivity contribution >= 4 is 34.5 Å². The number of methoxy groups -OCH3 is 2. The molecule has 4 aromatic rings. The number of hydrogen-bond donors (Lipinski definition) is 1. The first-order valence-electron chi connectivity index (χ1n) is 9.15. The zero-order chi connectivity index (χ0) is 21.1. The normalized spacial score (nSPS) is 10.6. The van der Waals surface area contributed by atoms with Gasteiger partial charge in [-0.05, 0) is 42.0 Å². The maximum Gasteiger partial charge on any atom is 0.268 e. The highest BCUT2D eigenvalue weighted by Crippen LogP contribution is 2.37. The molecular weight excluding hydrogens is 420 g/mol. The first-order chi connectivity index (χ1) is 14.6. The smallest absolute Gasteiger partial charge is 0.268 e. The minimum absolute atomic E-state index is 0.226. The Bertz CT molecular complexity index is 1170. The number of thiophene rings is 1. The second kappa shape index (κ2) is 8.65. The molecule has 1 amide bonds. The molecule has 152 valence electrons. The fraction of sp³-hybridized carbons (Fsp3) is 0.0870. The lowest BCUT2D eigenvalue weighted by molar-refractivity contribution is 0.103. The van der Waals surface area contributed by atoms with Crippen LogP contribution in [-0.4, -0.2) is 24.7 Å². The van der Waals surface area contributed by atoms with Crippen LogP contribution in [0.1, 0.15) is 9.67 Å². The standard InChI is InChI=1S/C23H19ClN2O3S/c1-28-17-9-10-20(29-2)19(13-17)25-23(27)22-21(26-11-3-4-12-26)18(14-30-22)15-5-7-16(24)8-6-15/h3-14H,1-2H3,(H,25,27). The molecular formula is C23H19ClN2O3S. The number of carbonyl (C=O) groups is 1. The summed E-state index contributed by atoms with van der Waals surface area (Å²) in [5.41, 5.74) is 3.29. The van der Waals surface area contributed by atoms with E-state index in [0.717, 1.165) is 16.8 Å². The van der Waals surface area contributed by atoms with Crippen molar-refractivity contribution in [3.8, 4) is 28.3 Å². The zero-order valence-corrected chi connectivity index (χ0v) is 18.0. The molecule has 0 aliphatic carbocycles. The molecule has 2 aromatic heterocycles. The predicted octanol–water partition coefficient (Wildman–Crippen LogP) is 6.13. The lowest BCUT2D eigenvalue weighted by Crippen LogP contribution is -2.13. The lowest BCUT2D eigenvalue weighted by atomic mass is 10.1. The van der Waals surface area contributed by atoms with Gasteiger partial charge in [-0.15, -0.1) is 11.3 Å². The van der Waals surface area contributed by atoms with Crippen LogP contribution >= 0.6 is 22.9 Å². The van der Waals surface area contributed by atoms with Gasteiger partial charge in [-0.25, -0.2) is 0 Å². The van der Waals surface area contributed by atoms with Crippen LogP contribution in [0.2, 0.25) is 5.02 Å². The summed E-state index contributed by atoms with van der Waals surface area (Å²) in [5.74, 6) is 0.960. The first kappa shape index (κ1) is 20.1. The number of nitrogens with one attached hydrogen (secondary N) is 1. The number of anilines is 1. The molecule has 0 spiro atoms. The molecule has 0 atom stereocenters. The molecule has 0 fully saturated rings. The number of benzene rings is 2.